The van der Waals surface area contributed by atoms with Crippen molar-refractivity contribution in [3.8, 4) is 0 Å². The van der Waals surface area contributed by atoms with Gasteiger partial charge >= 0.3 is 0 Å². The maximum atomic E-state index is 12.1. The van der Waals surface area contributed by atoms with Gasteiger partial charge in [-0.2, -0.15) is 0 Å². The Balaban J connectivity index is 1.85. The highest BCUT2D eigenvalue weighted by molar-refractivity contribution is 7.89. The molecule has 2 aromatic carbocycles. The molecule has 0 spiro atoms. The number of sulfonamides is 1. The molecule has 0 aliphatic carbocycles. The van der Waals surface area contributed by atoms with Crippen LogP contribution in [0.2, 0.25) is 10.0 Å². The van der Waals surface area contributed by atoms with Crippen molar-refractivity contribution in [3.63, 3.8) is 0 Å². The lowest BCUT2D eigenvalue weighted by atomic mass is 10.2. The first-order valence-corrected chi connectivity index (χ1v) is 9.29. The lowest BCUT2D eigenvalue weighted by Crippen LogP contribution is -2.32. The van der Waals surface area contributed by atoms with E-state index in [4.69, 9.17) is 23.2 Å². The second kappa shape index (κ2) is 8.13. The molecule has 2 rings (SSSR count). The molecule has 7 heteroatoms. The minimum Gasteiger partial charge on any atom is -0.301 e. The van der Waals surface area contributed by atoms with E-state index in [0.29, 0.717) is 29.7 Å². The average molecular weight is 373 g/mol. The summed E-state index contributed by atoms with van der Waals surface area (Å²) in [7, 11) is -1.54. The minimum atomic E-state index is -3.46. The van der Waals surface area contributed by atoms with Crippen LogP contribution in [0, 0.1) is 0 Å². The van der Waals surface area contributed by atoms with Gasteiger partial charge in [-0.1, -0.05) is 47.5 Å². The first-order chi connectivity index (χ1) is 10.9. The highest BCUT2D eigenvalue weighted by Crippen LogP contribution is 2.23. The van der Waals surface area contributed by atoms with Gasteiger partial charge in [0.2, 0.25) is 10.0 Å². The lowest BCUT2D eigenvalue weighted by molar-refractivity contribution is 0.332. The molecule has 0 saturated heterocycles. The molecule has 0 heterocycles. The molecule has 0 atom stereocenters. The third kappa shape index (κ3) is 5.48. The summed E-state index contributed by atoms with van der Waals surface area (Å²) in [6, 6.07) is 13.8. The number of likely N-dealkylation sites (N-methyl/N-ethyl adjacent to an activating group) is 1. The molecule has 0 aliphatic heterocycles. The molecular weight excluding hydrogens is 355 g/mol. The Kier molecular flexibility index (Phi) is 6.44. The van der Waals surface area contributed by atoms with E-state index in [1.54, 1.807) is 36.4 Å². The molecule has 0 bridgehead atoms. The van der Waals surface area contributed by atoms with Crippen LogP contribution in [0.1, 0.15) is 5.56 Å². The van der Waals surface area contributed by atoms with Crippen molar-refractivity contribution in [2.45, 2.75) is 11.4 Å². The fourth-order valence-electron chi connectivity index (χ4n) is 2.08. The fourth-order valence-corrected chi connectivity index (χ4v) is 3.45. The zero-order valence-corrected chi connectivity index (χ0v) is 15.0. The van der Waals surface area contributed by atoms with E-state index in [9.17, 15) is 8.42 Å². The monoisotopic (exact) mass is 372 g/mol. The van der Waals surface area contributed by atoms with E-state index in [2.05, 4.69) is 4.72 Å². The number of hydrogen-bond acceptors (Lipinski definition) is 3. The number of benzene rings is 2. The molecule has 1 N–H and O–H groups in total. The van der Waals surface area contributed by atoms with Crippen LogP contribution < -0.4 is 4.72 Å². The van der Waals surface area contributed by atoms with Gasteiger partial charge in [-0.25, -0.2) is 13.1 Å². The summed E-state index contributed by atoms with van der Waals surface area (Å²) in [6.07, 6.45) is 0. The minimum absolute atomic E-state index is 0.270. The van der Waals surface area contributed by atoms with E-state index >= 15 is 0 Å². The molecular formula is C16H18Cl2N2O2S. The van der Waals surface area contributed by atoms with Gasteiger partial charge in [0.05, 0.1) is 14.9 Å². The van der Waals surface area contributed by atoms with Crippen LogP contribution in [0.5, 0.6) is 0 Å². The summed E-state index contributed by atoms with van der Waals surface area (Å²) in [4.78, 5) is 2.28. The Bertz CT molecular complexity index is 752. The Morgan fingerprint density at radius 3 is 2.39 bits per heavy atom. The molecule has 4 nitrogen and oxygen atoms in total. The standard InChI is InChI=1S/C16H18Cl2N2O2S/c1-20(12-13-7-8-15(17)16(18)11-13)10-9-19-23(21,22)14-5-3-2-4-6-14/h2-8,11,19H,9-10,12H2,1H3. The zero-order valence-electron chi connectivity index (χ0n) is 12.7. The Labute approximate surface area is 147 Å². The van der Waals surface area contributed by atoms with Crippen molar-refractivity contribution < 1.29 is 8.42 Å². The van der Waals surface area contributed by atoms with Gasteiger partial charge in [-0.15, -0.1) is 0 Å². The van der Waals surface area contributed by atoms with Gasteiger partial charge in [0.25, 0.3) is 0 Å². The lowest BCUT2D eigenvalue weighted by Gasteiger charge is -2.17. The van der Waals surface area contributed by atoms with Crippen LogP contribution in [-0.4, -0.2) is 33.5 Å². The van der Waals surface area contributed by atoms with E-state index in [1.165, 1.54) is 0 Å². The molecule has 0 unspecified atom stereocenters. The maximum Gasteiger partial charge on any atom is 0.240 e. The molecule has 124 valence electrons. The number of hydrogen-bond donors (Lipinski definition) is 1. The quantitative estimate of drug-likeness (QED) is 0.809. The van der Waals surface area contributed by atoms with Crippen LogP contribution in [0.3, 0.4) is 0 Å². The predicted molar refractivity (Wildman–Crippen MR) is 94.4 cm³/mol. The van der Waals surface area contributed by atoms with E-state index < -0.39 is 10.0 Å². The van der Waals surface area contributed by atoms with E-state index in [1.807, 2.05) is 24.1 Å². The highest BCUT2D eigenvalue weighted by atomic mass is 35.5. The van der Waals surface area contributed by atoms with E-state index in [0.717, 1.165) is 5.56 Å². The van der Waals surface area contributed by atoms with Crippen molar-refractivity contribution in [1.82, 2.24) is 9.62 Å². The summed E-state index contributed by atoms with van der Waals surface area (Å²) in [5, 5.41) is 1.04. The van der Waals surface area contributed by atoms with Crippen LogP contribution >= 0.6 is 23.2 Å². The van der Waals surface area contributed by atoms with Gasteiger partial charge < -0.3 is 4.90 Å². The van der Waals surface area contributed by atoms with Crippen LogP contribution in [0.15, 0.2) is 53.4 Å². The number of rotatable bonds is 7. The van der Waals surface area contributed by atoms with Gasteiger partial charge in [0.1, 0.15) is 0 Å². The molecule has 0 aromatic heterocycles. The summed E-state index contributed by atoms with van der Waals surface area (Å²) >= 11 is 11.9. The van der Waals surface area contributed by atoms with Crippen molar-refractivity contribution in [3.05, 3.63) is 64.1 Å². The zero-order chi connectivity index (χ0) is 16.9. The summed E-state index contributed by atoms with van der Waals surface area (Å²) in [5.74, 6) is 0. The number of halogens is 2. The summed E-state index contributed by atoms with van der Waals surface area (Å²) in [6.45, 7) is 1.56. The first kappa shape index (κ1) is 18.2. The third-order valence-electron chi connectivity index (χ3n) is 3.28. The summed E-state index contributed by atoms with van der Waals surface area (Å²) in [5.41, 5.74) is 1.02. The summed E-state index contributed by atoms with van der Waals surface area (Å²) < 4.78 is 26.8. The highest BCUT2D eigenvalue weighted by Gasteiger charge is 2.12. The van der Waals surface area contributed by atoms with Gasteiger partial charge in [-0.3, -0.25) is 0 Å². The predicted octanol–water partition coefficient (Wildman–Crippen LogP) is 3.40. The molecule has 0 saturated carbocycles. The van der Waals surface area contributed by atoms with Crippen LogP contribution in [0.4, 0.5) is 0 Å². The Morgan fingerprint density at radius 1 is 1.04 bits per heavy atom. The van der Waals surface area contributed by atoms with Gasteiger partial charge in [-0.05, 0) is 36.9 Å². The molecule has 23 heavy (non-hydrogen) atoms. The van der Waals surface area contributed by atoms with Crippen molar-refractivity contribution >= 4 is 33.2 Å². The maximum absolute atomic E-state index is 12.1. The molecule has 0 aliphatic rings. The molecule has 0 radical (unpaired) electrons. The first-order valence-electron chi connectivity index (χ1n) is 7.06. The third-order valence-corrected chi connectivity index (χ3v) is 5.49. The van der Waals surface area contributed by atoms with Gasteiger partial charge in [0, 0.05) is 19.6 Å². The van der Waals surface area contributed by atoms with Crippen molar-refractivity contribution in [2.24, 2.45) is 0 Å². The second-order valence-corrected chi connectivity index (χ2v) is 7.78. The van der Waals surface area contributed by atoms with Crippen molar-refractivity contribution in [1.29, 1.82) is 0 Å². The SMILES string of the molecule is CN(CCNS(=O)(=O)c1ccccc1)Cc1ccc(Cl)c(Cl)c1. The topological polar surface area (TPSA) is 49.4 Å². The molecule has 2 aromatic rings. The second-order valence-electron chi connectivity index (χ2n) is 5.20. The van der Waals surface area contributed by atoms with Crippen LogP contribution in [0.25, 0.3) is 0 Å². The van der Waals surface area contributed by atoms with Crippen molar-refractivity contribution in [2.75, 3.05) is 20.1 Å². The number of nitrogens with zero attached hydrogens (tertiary/aromatic N) is 1. The normalized spacial score (nSPS) is 11.8. The molecule has 0 amide bonds. The number of nitrogens with one attached hydrogen (secondary N) is 1. The Hall–Kier alpha value is -1.11. The van der Waals surface area contributed by atoms with Crippen LogP contribution in [-0.2, 0) is 16.6 Å². The largest absolute Gasteiger partial charge is 0.301 e. The fraction of sp³-hybridized carbons (Fsp3) is 0.250. The van der Waals surface area contributed by atoms with Gasteiger partial charge in [0.15, 0.2) is 0 Å². The molecule has 0 fully saturated rings. The average Bonchev–Trinajstić information content (AvgIpc) is 2.52. The smallest absolute Gasteiger partial charge is 0.240 e. The van der Waals surface area contributed by atoms with E-state index in [-0.39, 0.29) is 4.90 Å². The Morgan fingerprint density at radius 2 is 1.74 bits per heavy atom.